The molecular formula is C80H164O10Si4. The van der Waals surface area contributed by atoms with Gasteiger partial charge in [-0.3, -0.25) is 0 Å². The molecule has 14 atom stereocenters. The predicted octanol–water partition coefficient (Wildman–Crippen LogP) is 24.0. The van der Waals surface area contributed by atoms with Crippen molar-refractivity contribution in [2.75, 3.05) is 35.5 Å². The normalized spacial score (nSPS) is 20.4. The first-order valence-electron chi connectivity index (χ1n) is 39.8. The van der Waals surface area contributed by atoms with Crippen LogP contribution in [0.1, 0.15) is 294 Å². The molecule has 0 radical (unpaired) electrons. The number of aliphatic hydroxyl groups excluding tert-OH is 1. The third-order valence-corrected chi connectivity index (χ3v) is 44.8. The van der Waals surface area contributed by atoms with Gasteiger partial charge >= 0.3 is 0 Å². The number of methoxy groups -OCH3 is 5. The number of allylic oxidation sites excluding steroid dienone is 2. The maximum absolute atomic E-state index is 13.2. The molecule has 14 heteroatoms. The van der Waals surface area contributed by atoms with E-state index < -0.39 is 39.4 Å². The van der Waals surface area contributed by atoms with Crippen LogP contribution in [0.5, 0.6) is 0 Å². The molecule has 0 aromatic heterocycles. The van der Waals surface area contributed by atoms with Gasteiger partial charge in [-0.1, -0.05) is 242 Å². The van der Waals surface area contributed by atoms with Crippen molar-refractivity contribution in [3.63, 3.8) is 0 Å². The summed E-state index contributed by atoms with van der Waals surface area (Å²) in [5.74, 6) is 1.20. The minimum Gasteiger partial charge on any atom is -0.414 e. The topological polar surface area (TPSA) is 103 Å². The Hall–Kier alpha value is -0.0525. The van der Waals surface area contributed by atoms with E-state index in [9.17, 15) is 5.11 Å². The van der Waals surface area contributed by atoms with Gasteiger partial charge in [0.25, 0.3) is 0 Å². The summed E-state index contributed by atoms with van der Waals surface area (Å²) < 4.78 is 63.6. The van der Waals surface area contributed by atoms with Crippen molar-refractivity contribution in [1.29, 1.82) is 0 Å². The lowest BCUT2D eigenvalue weighted by Gasteiger charge is -2.48. The van der Waals surface area contributed by atoms with E-state index in [0.717, 1.165) is 63.4 Å². The number of aliphatic hydroxyl groups is 1. The van der Waals surface area contributed by atoms with Gasteiger partial charge in [0, 0.05) is 47.4 Å². The van der Waals surface area contributed by atoms with E-state index in [1.54, 1.807) is 14.2 Å². The number of ether oxygens (including phenoxy) is 5. The number of hydrogen-bond acceptors (Lipinski definition) is 10. The first kappa shape index (κ1) is 92.0. The predicted molar refractivity (Wildman–Crippen MR) is 417 cm³/mol. The summed E-state index contributed by atoms with van der Waals surface area (Å²) in [6.45, 7) is 59.2. The second-order valence-corrected chi connectivity index (χ2v) is 51.8. The average Bonchev–Trinajstić information content (AvgIpc) is 0.798. The lowest BCUT2D eigenvalue weighted by molar-refractivity contribution is -0.152. The van der Waals surface area contributed by atoms with Crippen molar-refractivity contribution in [2.45, 2.75) is 419 Å². The second-order valence-electron chi connectivity index (χ2n) is 32.8. The van der Waals surface area contributed by atoms with Gasteiger partial charge in [0.1, 0.15) is 0 Å². The van der Waals surface area contributed by atoms with Crippen LogP contribution in [-0.4, -0.2) is 129 Å². The molecular weight excluding hydrogens is 1230 g/mol. The Labute approximate surface area is 590 Å². The first-order chi connectivity index (χ1) is 44.4. The molecule has 560 valence electrons. The monoisotopic (exact) mass is 1400 g/mol. The fraction of sp³-hybridized carbons (Fsp3) is 0.950. The van der Waals surface area contributed by atoms with Crippen LogP contribution in [0.4, 0.5) is 0 Å². The summed E-state index contributed by atoms with van der Waals surface area (Å²) in [6, 6.07) is 7.15. The Kier molecular flexibility index (Phi) is 47.0. The van der Waals surface area contributed by atoms with Crippen LogP contribution in [-0.2, 0) is 41.4 Å². The molecule has 0 heterocycles. The van der Waals surface area contributed by atoms with E-state index in [2.05, 4.69) is 178 Å². The van der Waals surface area contributed by atoms with Crippen LogP contribution in [0.15, 0.2) is 24.3 Å². The standard InChI is InChI=1S/C80H164O10Si4/c1-30-37-46-91(47-38-31-2,48-39-32-3)87-74(58-73(89-94(62(14)15,63(16)17)64(18)19)69(24)78(81)67(22)55-70-44-45-72(75(57-70)82-25)88-93(59(8)9,60(10)11)61(12)13)71(43-36-7)53-65(20)52-66(21)54-76(83-26)79(77(84-27)56-68(23)80(85-28)86-29)90-92(49-40-33-4,50-41-34-5)51-42-35-6/h36,55,59-66,68-81H,7,30-35,37-54,56-58H2,1-6,8-29H3/b67-55+/t65?,66-,68+,69+,70-,71+,72+,73-,74+,75+,76-,77-,78+,79+/m0/s1. The molecule has 0 aliphatic heterocycles. The molecule has 1 aliphatic rings. The molecule has 1 fully saturated rings. The summed E-state index contributed by atoms with van der Waals surface area (Å²) in [4.78, 5) is 0. The molecule has 94 heavy (non-hydrogen) atoms. The third-order valence-electron chi connectivity index (χ3n) is 23.4. The SMILES string of the molecule is C=CC[C@H](CC(C)C[C@H](C)C[C@H](OC)[C@@H](O[Si](CCCC)(CCCC)CCCC)[C@H](C[C@@H](C)C(OC)OC)OC)[C@@H](C[C@H](O[Si](C(C)C)(C(C)C)C(C)C)[C@@H](C)[C@H](O)/C(C)=C/[C@@H]1CC[C@@H](O[Si](C(C)C)(C(C)C)C(C)C)[C@H](OC)C1)O[Si](CCCC)(CCCC)CCCC. The minimum atomic E-state index is -2.50. The lowest BCUT2D eigenvalue weighted by atomic mass is 9.79. The van der Waals surface area contributed by atoms with Gasteiger partial charge in [0.2, 0.25) is 16.6 Å². The van der Waals surface area contributed by atoms with E-state index in [-0.39, 0.29) is 66.8 Å². The molecule has 1 rings (SSSR count). The Balaban J connectivity index is 4.26. The number of rotatable bonds is 57. The van der Waals surface area contributed by atoms with Crippen molar-refractivity contribution >= 4 is 33.3 Å². The van der Waals surface area contributed by atoms with Crippen LogP contribution >= 0.6 is 0 Å². The molecule has 0 saturated heterocycles. The van der Waals surface area contributed by atoms with Gasteiger partial charge in [0.05, 0.1) is 48.8 Å². The zero-order valence-corrected chi connectivity index (χ0v) is 71.7. The van der Waals surface area contributed by atoms with E-state index in [1.165, 1.54) is 113 Å². The van der Waals surface area contributed by atoms with Crippen molar-refractivity contribution < 1.29 is 46.5 Å². The van der Waals surface area contributed by atoms with Crippen molar-refractivity contribution in [3.8, 4) is 0 Å². The maximum Gasteiger partial charge on any atom is 0.200 e. The largest absolute Gasteiger partial charge is 0.414 e. The van der Waals surface area contributed by atoms with Crippen molar-refractivity contribution in [2.24, 2.45) is 35.5 Å². The highest BCUT2D eigenvalue weighted by molar-refractivity contribution is 6.78. The third kappa shape index (κ3) is 28.3. The van der Waals surface area contributed by atoms with Gasteiger partial charge in [-0.05, 0) is 163 Å². The summed E-state index contributed by atoms with van der Waals surface area (Å²) in [7, 11) is 0.0167. The van der Waals surface area contributed by atoms with E-state index in [4.69, 9.17) is 41.4 Å². The molecule has 1 N–H and O–H groups in total. The molecule has 1 aliphatic carbocycles. The smallest absolute Gasteiger partial charge is 0.200 e. The minimum absolute atomic E-state index is 0.0157. The van der Waals surface area contributed by atoms with Crippen molar-refractivity contribution in [1.82, 2.24) is 0 Å². The van der Waals surface area contributed by atoms with Crippen LogP contribution in [0.25, 0.3) is 0 Å². The molecule has 0 spiro atoms. The fourth-order valence-corrected chi connectivity index (χ4v) is 39.6. The van der Waals surface area contributed by atoms with Gasteiger partial charge < -0.3 is 46.5 Å². The van der Waals surface area contributed by atoms with E-state index >= 15 is 0 Å². The highest BCUT2D eigenvalue weighted by Crippen LogP contribution is 2.49. The quantitative estimate of drug-likeness (QED) is 0.0360. The zero-order chi connectivity index (χ0) is 71.6. The summed E-state index contributed by atoms with van der Waals surface area (Å²) in [6.07, 6.45) is 25.4. The summed E-state index contributed by atoms with van der Waals surface area (Å²) in [5.41, 5.74) is 3.76. The molecule has 0 aromatic rings. The van der Waals surface area contributed by atoms with E-state index in [0.29, 0.717) is 51.0 Å². The van der Waals surface area contributed by atoms with E-state index in [1.807, 2.05) is 21.3 Å². The fourth-order valence-electron chi connectivity index (χ4n) is 18.3. The van der Waals surface area contributed by atoms with Crippen LogP contribution < -0.4 is 0 Å². The molecule has 0 amide bonds. The number of unbranched alkanes of at least 4 members (excludes halogenated alkanes) is 6. The summed E-state index contributed by atoms with van der Waals surface area (Å²) in [5, 5.41) is 13.2. The van der Waals surface area contributed by atoms with Gasteiger partial charge in [0.15, 0.2) is 22.9 Å². The van der Waals surface area contributed by atoms with Gasteiger partial charge in [-0.15, -0.1) is 6.58 Å². The molecule has 10 nitrogen and oxygen atoms in total. The first-order valence-corrected chi connectivity index (χ1v) is 49.1. The van der Waals surface area contributed by atoms with Crippen LogP contribution in [0.2, 0.25) is 69.5 Å². The molecule has 0 bridgehead atoms. The lowest BCUT2D eigenvalue weighted by Crippen LogP contribution is -2.54. The molecule has 1 saturated carbocycles. The van der Waals surface area contributed by atoms with Gasteiger partial charge in [-0.25, -0.2) is 0 Å². The Bertz CT molecular complexity index is 1840. The van der Waals surface area contributed by atoms with Gasteiger partial charge in [-0.2, -0.15) is 0 Å². The molecule has 1 unspecified atom stereocenters. The number of hydrogen-bond donors (Lipinski definition) is 1. The Morgan fingerprint density at radius 3 is 1.27 bits per heavy atom. The summed E-state index contributed by atoms with van der Waals surface area (Å²) >= 11 is 0. The van der Waals surface area contributed by atoms with Crippen LogP contribution in [0, 0.1) is 35.5 Å². The highest BCUT2D eigenvalue weighted by atomic mass is 28.4. The zero-order valence-electron chi connectivity index (χ0n) is 67.7. The highest BCUT2D eigenvalue weighted by Gasteiger charge is 2.51. The van der Waals surface area contributed by atoms with Crippen molar-refractivity contribution in [3.05, 3.63) is 24.3 Å². The maximum atomic E-state index is 13.2. The molecule has 0 aromatic carbocycles. The Morgan fingerprint density at radius 2 is 0.883 bits per heavy atom. The average molecular weight is 1400 g/mol. The Morgan fingerprint density at radius 1 is 0.468 bits per heavy atom. The second kappa shape index (κ2) is 48.0. The van der Waals surface area contributed by atoms with Crippen LogP contribution in [0.3, 0.4) is 0 Å².